The van der Waals surface area contributed by atoms with Crippen LogP contribution in [-0.4, -0.2) is 30.1 Å². The van der Waals surface area contributed by atoms with Crippen LogP contribution in [0.2, 0.25) is 0 Å². The first kappa shape index (κ1) is 16.3. The number of carbonyl (C=O) groups is 1. The van der Waals surface area contributed by atoms with Crippen molar-refractivity contribution >= 4 is 37.3 Å². The third-order valence-electron chi connectivity index (χ3n) is 3.50. The van der Waals surface area contributed by atoms with Gasteiger partial charge >= 0.3 is 0 Å². The fourth-order valence-corrected chi connectivity index (χ4v) is 4.31. The highest BCUT2D eigenvalue weighted by Gasteiger charge is 2.24. The van der Waals surface area contributed by atoms with Gasteiger partial charge in [-0.3, -0.25) is 14.2 Å². The van der Waals surface area contributed by atoms with Gasteiger partial charge in [-0.05, 0) is 24.6 Å². The lowest BCUT2D eigenvalue weighted by Crippen LogP contribution is -2.25. The van der Waals surface area contributed by atoms with E-state index in [0.717, 1.165) is 22.2 Å². The molecule has 0 aliphatic heterocycles. The Bertz CT molecular complexity index is 1130. The molecule has 3 aromatic rings. The number of hydrogen-bond donors (Lipinski definition) is 1. The van der Waals surface area contributed by atoms with Crippen molar-refractivity contribution in [3.05, 3.63) is 51.1 Å². The molecule has 0 spiro atoms. The van der Waals surface area contributed by atoms with Crippen molar-refractivity contribution in [2.24, 2.45) is 5.73 Å². The Morgan fingerprint density at radius 1 is 1.25 bits per heavy atom. The molecule has 1 aromatic carbocycles. The summed E-state index contributed by atoms with van der Waals surface area (Å²) < 4.78 is 25.3. The minimum atomic E-state index is -3.78. The molecule has 0 saturated carbocycles. The van der Waals surface area contributed by atoms with Gasteiger partial charge in [0.25, 0.3) is 11.5 Å². The number of rotatable bonds is 3. The van der Waals surface area contributed by atoms with E-state index in [1.54, 1.807) is 37.3 Å². The fraction of sp³-hybridized carbons (Fsp3) is 0.133. The summed E-state index contributed by atoms with van der Waals surface area (Å²) in [5, 5.41) is -0.173. The minimum absolute atomic E-state index is 0.180. The van der Waals surface area contributed by atoms with Gasteiger partial charge in [-0.25, -0.2) is 13.4 Å². The summed E-state index contributed by atoms with van der Waals surface area (Å²) in [4.78, 5) is 29.0. The number of fused-ring (bicyclic) bond motifs is 1. The summed E-state index contributed by atoms with van der Waals surface area (Å²) in [5.41, 5.74) is 5.56. The largest absolute Gasteiger partial charge is 0.365 e. The van der Waals surface area contributed by atoms with Gasteiger partial charge in [0, 0.05) is 6.26 Å². The summed E-state index contributed by atoms with van der Waals surface area (Å²) in [7, 11) is -3.78. The standard InChI is InChI=1S/C15H13N3O4S2/c1-8-10-13(23-11(8)12(16)19)17-15(24(2,21)22)18(14(10)20)9-6-4-3-5-7-9/h3-7H,1-2H3,(H2,16,19). The van der Waals surface area contributed by atoms with Crippen LogP contribution in [0, 0.1) is 6.92 Å². The van der Waals surface area contributed by atoms with Gasteiger partial charge in [0.1, 0.15) is 4.83 Å². The molecule has 0 saturated heterocycles. The number of amides is 1. The van der Waals surface area contributed by atoms with E-state index in [4.69, 9.17) is 5.73 Å². The van der Waals surface area contributed by atoms with Crippen molar-refractivity contribution in [2.75, 3.05) is 6.26 Å². The van der Waals surface area contributed by atoms with E-state index in [0.29, 0.717) is 11.3 Å². The van der Waals surface area contributed by atoms with Gasteiger partial charge in [0.15, 0.2) is 0 Å². The van der Waals surface area contributed by atoms with Gasteiger partial charge in [0.05, 0.1) is 16.0 Å². The molecule has 0 fully saturated rings. The molecule has 2 N–H and O–H groups in total. The molecule has 0 aliphatic carbocycles. The summed E-state index contributed by atoms with van der Waals surface area (Å²) in [5.74, 6) is -0.679. The Morgan fingerprint density at radius 2 is 1.88 bits per heavy atom. The predicted octanol–water partition coefficient (Wildman–Crippen LogP) is 1.26. The number of primary amides is 1. The summed E-state index contributed by atoms with van der Waals surface area (Å²) in [6, 6.07) is 8.35. The summed E-state index contributed by atoms with van der Waals surface area (Å²) in [6.07, 6.45) is 0.982. The van der Waals surface area contributed by atoms with Gasteiger partial charge < -0.3 is 5.73 Å². The fourth-order valence-electron chi connectivity index (χ4n) is 2.45. The molecule has 9 heteroatoms. The zero-order valence-corrected chi connectivity index (χ0v) is 14.4. The Kier molecular flexibility index (Phi) is 3.77. The molecule has 0 atom stereocenters. The van der Waals surface area contributed by atoms with E-state index in [-0.39, 0.29) is 20.3 Å². The highest BCUT2D eigenvalue weighted by molar-refractivity contribution is 7.90. The molecule has 2 heterocycles. The molecule has 124 valence electrons. The molecule has 3 rings (SSSR count). The second-order valence-electron chi connectivity index (χ2n) is 5.24. The Hall–Kier alpha value is -2.52. The van der Waals surface area contributed by atoms with E-state index < -0.39 is 21.3 Å². The number of nitrogens with two attached hydrogens (primary N) is 1. The van der Waals surface area contributed by atoms with E-state index in [1.165, 1.54) is 0 Å². The predicted molar refractivity (Wildman–Crippen MR) is 91.6 cm³/mol. The molecule has 0 unspecified atom stereocenters. The highest BCUT2D eigenvalue weighted by atomic mass is 32.2. The molecule has 0 aliphatic rings. The number of para-hydroxylation sites is 1. The Labute approximate surface area is 141 Å². The third kappa shape index (κ3) is 2.51. The second-order valence-corrected chi connectivity index (χ2v) is 8.15. The van der Waals surface area contributed by atoms with Crippen molar-refractivity contribution in [1.29, 1.82) is 0 Å². The second kappa shape index (κ2) is 5.53. The number of aryl methyl sites for hydroxylation is 1. The van der Waals surface area contributed by atoms with Crippen LogP contribution >= 0.6 is 11.3 Å². The zero-order chi connectivity index (χ0) is 17.6. The molecule has 0 radical (unpaired) electrons. The normalized spacial score (nSPS) is 11.8. The van der Waals surface area contributed by atoms with E-state index in [1.807, 2.05) is 0 Å². The molecule has 0 bridgehead atoms. The number of thiophene rings is 1. The van der Waals surface area contributed by atoms with Crippen LogP contribution < -0.4 is 11.3 Å². The van der Waals surface area contributed by atoms with Gasteiger partial charge in [-0.2, -0.15) is 0 Å². The van der Waals surface area contributed by atoms with Crippen molar-refractivity contribution in [1.82, 2.24) is 9.55 Å². The van der Waals surface area contributed by atoms with Gasteiger partial charge in [-0.1, -0.05) is 18.2 Å². The summed E-state index contributed by atoms with van der Waals surface area (Å²) >= 11 is 0.917. The summed E-state index contributed by atoms with van der Waals surface area (Å²) in [6.45, 7) is 1.59. The molecule has 24 heavy (non-hydrogen) atoms. The number of carbonyl (C=O) groups excluding carboxylic acids is 1. The SMILES string of the molecule is Cc1c(C(N)=O)sc2nc(S(C)(=O)=O)n(-c3ccccc3)c(=O)c12. The monoisotopic (exact) mass is 363 g/mol. The average molecular weight is 363 g/mol. The van der Waals surface area contributed by atoms with E-state index in [9.17, 15) is 18.0 Å². The topological polar surface area (TPSA) is 112 Å². The van der Waals surface area contributed by atoms with Gasteiger partial charge in [0.2, 0.25) is 15.0 Å². The van der Waals surface area contributed by atoms with Crippen LogP contribution in [0.1, 0.15) is 15.2 Å². The number of hydrogen-bond acceptors (Lipinski definition) is 6. The number of aromatic nitrogens is 2. The molecule has 2 aromatic heterocycles. The molecular weight excluding hydrogens is 350 g/mol. The zero-order valence-electron chi connectivity index (χ0n) is 12.8. The maximum atomic E-state index is 13.0. The van der Waals surface area contributed by atoms with E-state index in [2.05, 4.69) is 4.98 Å². The quantitative estimate of drug-likeness (QED) is 0.704. The maximum absolute atomic E-state index is 13.0. The molecule has 7 nitrogen and oxygen atoms in total. The molecule has 1 amide bonds. The van der Waals surface area contributed by atoms with Crippen LogP contribution in [0.5, 0.6) is 0 Å². The Morgan fingerprint density at radius 3 is 2.42 bits per heavy atom. The van der Waals surface area contributed by atoms with Crippen LogP contribution in [-0.2, 0) is 9.84 Å². The first-order valence-corrected chi connectivity index (χ1v) is 9.54. The van der Waals surface area contributed by atoms with Crippen LogP contribution in [0.3, 0.4) is 0 Å². The number of sulfone groups is 1. The number of nitrogens with zero attached hydrogens (tertiary/aromatic N) is 2. The average Bonchev–Trinajstić information content (AvgIpc) is 2.84. The van der Waals surface area contributed by atoms with Crippen molar-refractivity contribution < 1.29 is 13.2 Å². The minimum Gasteiger partial charge on any atom is -0.365 e. The van der Waals surface area contributed by atoms with Crippen LogP contribution in [0.4, 0.5) is 0 Å². The van der Waals surface area contributed by atoms with Crippen molar-refractivity contribution in [2.45, 2.75) is 12.1 Å². The lowest BCUT2D eigenvalue weighted by atomic mass is 10.2. The van der Waals surface area contributed by atoms with Crippen LogP contribution in [0.25, 0.3) is 15.9 Å². The van der Waals surface area contributed by atoms with Crippen LogP contribution in [0.15, 0.2) is 40.3 Å². The lowest BCUT2D eigenvalue weighted by molar-refractivity contribution is 0.100. The van der Waals surface area contributed by atoms with Gasteiger partial charge in [-0.15, -0.1) is 11.3 Å². The molecular formula is C15H13N3O4S2. The lowest BCUT2D eigenvalue weighted by Gasteiger charge is -2.11. The Balaban J connectivity index is 2.54. The van der Waals surface area contributed by atoms with Crippen molar-refractivity contribution in [3.63, 3.8) is 0 Å². The van der Waals surface area contributed by atoms with Crippen molar-refractivity contribution in [3.8, 4) is 5.69 Å². The highest BCUT2D eigenvalue weighted by Crippen LogP contribution is 2.28. The maximum Gasteiger partial charge on any atom is 0.267 e. The van der Waals surface area contributed by atoms with E-state index >= 15 is 0 Å². The smallest absolute Gasteiger partial charge is 0.267 e. The third-order valence-corrected chi connectivity index (χ3v) is 5.64. The number of benzene rings is 1. The first-order chi connectivity index (χ1) is 11.2. The first-order valence-electron chi connectivity index (χ1n) is 6.83.